The van der Waals surface area contributed by atoms with Gasteiger partial charge in [-0.2, -0.15) is 8.42 Å². The summed E-state index contributed by atoms with van der Waals surface area (Å²) in [7, 11) is -4.07. The van der Waals surface area contributed by atoms with Crippen molar-refractivity contribution in [3.8, 4) is 0 Å². The third-order valence-corrected chi connectivity index (χ3v) is 12.6. The second kappa shape index (κ2) is 8.95. The van der Waals surface area contributed by atoms with Gasteiger partial charge < -0.3 is 15.5 Å². The zero-order chi connectivity index (χ0) is 25.3. The number of hydrogen-bond donors (Lipinski definition) is 4. The van der Waals surface area contributed by atoms with Crippen molar-refractivity contribution < 1.29 is 28.0 Å². The number of amides is 1. The molecule has 5 fully saturated rings. The summed E-state index contributed by atoms with van der Waals surface area (Å²) in [5, 5.41) is 24.4. The van der Waals surface area contributed by atoms with E-state index in [0.29, 0.717) is 41.4 Å². The molecular formula is C27H45NO6S. The minimum Gasteiger partial charge on any atom is -0.393 e. The quantitative estimate of drug-likeness (QED) is 0.406. The van der Waals surface area contributed by atoms with Gasteiger partial charge in [-0.15, -0.1) is 0 Å². The molecular weight excluding hydrogens is 466 g/mol. The van der Waals surface area contributed by atoms with Crippen LogP contribution in [0.1, 0.15) is 78.6 Å². The van der Waals surface area contributed by atoms with E-state index >= 15 is 0 Å². The average Bonchev–Trinajstić information content (AvgIpc) is 3.49. The first-order valence-electron chi connectivity index (χ1n) is 13.9. The van der Waals surface area contributed by atoms with E-state index in [0.717, 1.165) is 51.4 Å². The lowest BCUT2D eigenvalue weighted by molar-refractivity contribution is -0.174. The molecule has 0 bridgehead atoms. The molecule has 4 N–H and O–H groups in total. The van der Waals surface area contributed by atoms with Gasteiger partial charge in [-0.25, -0.2) is 0 Å². The molecule has 0 aromatic rings. The number of aliphatic hydroxyl groups excluding tert-OH is 2. The lowest BCUT2D eigenvalue weighted by Crippen LogP contribution is -2.58. The molecule has 1 amide bonds. The number of carbonyl (C=O) groups is 1. The van der Waals surface area contributed by atoms with E-state index in [1.165, 1.54) is 6.42 Å². The van der Waals surface area contributed by atoms with E-state index in [4.69, 9.17) is 4.55 Å². The van der Waals surface area contributed by atoms with Gasteiger partial charge in [0.25, 0.3) is 10.1 Å². The maximum Gasteiger partial charge on any atom is 0.266 e. The Hall–Kier alpha value is -0.700. The Morgan fingerprint density at radius 2 is 1.69 bits per heavy atom. The Labute approximate surface area is 210 Å². The maximum absolute atomic E-state index is 12.6. The number of hydrogen-bond acceptors (Lipinski definition) is 5. The summed E-state index contributed by atoms with van der Waals surface area (Å²) in [6.45, 7) is 7.16. The highest BCUT2D eigenvalue weighted by molar-refractivity contribution is 7.85. The fraction of sp³-hybridized carbons (Fsp3) is 0.963. The highest BCUT2D eigenvalue weighted by atomic mass is 32.2. The highest BCUT2D eigenvalue weighted by Gasteiger charge is 2.64. The van der Waals surface area contributed by atoms with E-state index in [-0.39, 0.29) is 41.4 Å². The molecule has 8 heteroatoms. The van der Waals surface area contributed by atoms with Crippen molar-refractivity contribution in [3.63, 3.8) is 0 Å². The van der Waals surface area contributed by atoms with Gasteiger partial charge in [-0.1, -0.05) is 20.8 Å². The monoisotopic (exact) mass is 511 g/mol. The van der Waals surface area contributed by atoms with E-state index in [1.54, 1.807) is 0 Å². The molecule has 5 aliphatic rings. The van der Waals surface area contributed by atoms with Crippen LogP contribution in [0.3, 0.4) is 0 Å². The Bertz CT molecular complexity index is 940. The van der Waals surface area contributed by atoms with Crippen molar-refractivity contribution in [1.29, 1.82) is 0 Å². The minimum atomic E-state index is -4.07. The fourth-order valence-corrected chi connectivity index (χ4v) is 10.3. The molecule has 0 heterocycles. The first kappa shape index (κ1) is 25.9. The predicted octanol–water partition coefficient (Wildman–Crippen LogP) is 3.25. The van der Waals surface area contributed by atoms with E-state index < -0.39 is 15.9 Å². The fourth-order valence-electron chi connectivity index (χ4n) is 9.93. The van der Waals surface area contributed by atoms with Crippen molar-refractivity contribution in [2.45, 2.75) is 90.8 Å². The van der Waals surface area contributed by atoms with Crippen LogP contribution in [0.4, 0.5) is 0 Å². The van der Waals surface area contributed by atoms with Crippen LogP contribution in [0.25, 0.3) is 0 Å². The zero-order valence-electron chi connectivity index (χ0n) is 21.5. The molecule has 0 aromatic heterocycles. The first-order chi connectivity index (χ1) is 16.3. The number of rotatable bonds is 6. The summed E-state index contributed by atoms with van der Waals surface area (Å²) in [5.41, 5.74) is 0.420. The van der Waals surface area contributed by atoms with Crippen molar-refractivity contribution in [2.24, 2.45) is 58.2 Å². The second-order valence-electron chi connectivity index (χ2n) is 13.4. The third kappa shape index (κ3) is 4.48. The minimum absolute atomic E-state index is 0.0454. The number of fused-ring (bicyclic) bond motifs is 5. The molecule has 5 saturated carbocycles. The highest BCUT2D eigenvalue weighted by Crippen LogP contribution is 2.69. The molecule has 200 valence electrons. The Balaban J connectivity index is 1.25. The van der Waals surface area contributed by atoms with Crippen LogP contribution in [0.5, 0.6) is 0 Å². The molecule has 0 spiro atoms. The van der Waals surface area contributed by atoms with Gasteiger partial charge in [0.2, 0.25) is 5.91 Å². The van der Waals surface area contributed by atoms with Crippen molar-refractivity contribution in [3.05, 3.63) is 0 Å². The Morgan fingerprint density at radius 1 is 1.00 bits per heavy atom. The summed E-state index contributed by atoms with van der Waals surface area (Å²) in [6, 6.07) is 0. The standard InChI is InChI=1S/C27H45NO6S/c1-15(18-14-19(18)25(31)28-10-11-35(32,33)34)20-4-5-21-24-22(7-9-27(20,21)3)26(2)8-6-17(29)12-16(26)13-23(24)30/h15-24,29-30H,4-14H2,1-3H3,(H,28,31)(H,32,33,34). The molecule has 0 saturated heterocycles. The smallest absolute Gasteiger partial charge is 0.266 e. The van der Waals surface area contributed by atoms with Gasteiger partial charge in [-0.05, 0) is 110 Å². The summed E-state index contributed by atoms with van der Waals surface area (Å²) in [5.74, 6) is 2.54. The van der Waals surface area contributed by atoms with Gasteiger partial charge in [0.15, 0.2) is 0 Å². The van der Waals surface area contributed by atoms with E-state index in [2.05, 4.69) is 26.1 Å². The lowest BCUT2D eigenvalue weighted by Gasteiger charge is -2.62. The molecule has 5 rings (SSSR count). The molecule has 0 aliphatic heterocycles. The van der Waals surface area contributed by atoms with Crippen LogP contribution in [0, 0.1) is 58.2 Å². The maximum atomic E-state index is 12.6. The Kier molecular flexibility index (Phi) is 6.63. The Morgan fingerprint density at radius 3 is 2.40 bits per heavy atom. The van der Waals surface area contributed by atoms with Gasteiger partial charge in [0.05, 0.1) is 18.0 Å². The molecule has 0 radical (unpaired) electrons. The van der Waals surface area contributed by atoms with Crippen LogP contribution in [-0.2, 0) is 14.9 Å². The van der Waals surface area contributed by atoms with Gasteiger partial charge in [0.1, 0.15) is 0 Å². The molecule has 7 nitrogen and oxygen atoms in total. The third-order valence-electron chi connectivity index (χ3n) is 11.9. The van der Waals surface area contributed by atoms with Crippen molar-refractivity contribution in [2.75, 3.05) is 12.3 Å². The topological polar surface area (TPSA) is 124 Å². The van der Waals surface area contributed by atoms with Crippen LogP contribution in [-0.4, -0.2) is 53.6 Å². The predicted molar refractivity (Wildman–Crippen MR) is 133 cm³/mol. The second-order valence-corrected chi connectivity index (χ2v) is 15.0. The number of nitrogens with one attached hydrogen (secondary N) is 1. The summed E-state index contributed by atoms with van der Waals surface area (Å²) in [6.07, 6.45) is 8.67. The summed E-state index contributed by atoms with van der Waals surface area (Å²) in [4.78, 5) is 12.6. The van der Waals surface area contributed by atoms with Gasteiger partial charge in [-0.3, -0.25) is 9.35 Å². The normalized spacial score (nSPS) is 49.9. The SMILES string of the molecule is CC(C1CC1C(=O)NCCS(=O)(=O)O)C1CCC2C3C(O)CC4CC(O)CCC4(C)C3CCC12C. The zero-order valence-corrected chi connectivity index (χ0v) is 22.3. The molecule has 35 heavy (non-hydrogen) atoms. The van der Waals surface area contributed by atoms with Gasteiger partial charge in [0, 0.05) is 12.5 Å². The van der Waals surface area contributed by atoms with E-state index in [1.807, 2.05) is 0 Å². The van der Waals surface area contributed by atoms with Crippen molar-refractivity contribution >= 4 is 16.0 Å². The number of carbonyl (C=O) groups excluding carboxylic acids is 1. The van der Waals surface area contributed by atoms with Crippen LogP contribution >= 0.6 is 0 Å². The van der Waals surface area contributed by atoms with Crippen LogP contribution in [0.15, 0.2) is 0 Å². The summed E-state index contributed by atoms with van der Waals surface area (Å²) >= 11 is 0. The van der Waals surface area contributed by atoms with Crippen LogP contribution < -0.4 is 5.32 Å². The van der Waals surface area contributed by atoms with E-state index in [9.17, 15) is 23.4 Å². The van der Waals surface area contributed by atoms with Gasteiger partial charge >= 0.3 is 0 Å². The molecule has 12 unspecified atom stereocenters. The van der Waals surface area contributed by atoms with Crippen molar-refractivity contribution in [1.82, 2.24) is 5.32 Å². The molecule has 5 aliphatic carbocycles. The number of aliphatic hydroxyl groups is 2. The molecule has 0 aromatic carbocycles. The largest absolute Gasteiger partial charge is 0.393 e. The molecule has 12 atom stereocenters. The summed E-state index contributed by atoms with van der Waals surface area (Å²) < 4.78 is 30.7. The average molecular weight is 512 g/mol. The van der Waals surface area contributed by atoms with Crippen LogP contribution in [0.2, 0.25) is 0 Å². The lowest BCUT2D eigenvalue weighted by atomic mass is 9.43. The first-order valence-corrected chi connectivity index (χ1v) is 15.5.